The summed E-state index contributed by atoms with van der Waals surface area (Å²) in [6.45, 7) is 6.25. The summed E-state index contributed by atoms with van der Waals surface area (Å²) in [7, 11) is 0. The highest BCUT2D eigenvalue weighted by atomic mass is 19.4. The van der Waals surface area contributed by atoms with E-state index in [0.29, 0.717) is 25.9 Å². The number of piperazine rings is 1. The van der Waals surface area contributed by atoms with E-state index in [9.17, 15) is 35.9 Å². The van der Waals surface area contributed by atoms with Crippen LogP contribution in [0, 0.1) is 5.92 Å². The van der Waals surface area contributed by atoms with Crippen LogP contribution in [0.3, 0.4) is 0 Å². The molecule has 2 amide bonds. The van der Waals surface area contributed by atoms with E-state index in [0.717, 1.165) is 50.1 Å². The minimum atomic E-state index is -4.54. The van der Waals surface area contributed by atoms with Gasteiger partial charge in [0.1, 0.15) is 0 Å². The van der Waals surface area contributed by atoms with Crippen LogP contribution in [0.4, 0.5) is 26.3 Å². The number of carbonyl (C=O) groups is 2. The molecule has 3 rings (SSSR count). The third-order valence-corrected chi connectivity index (χ3v) is 8.77. The number of hydrogen-bond donors (Lipinski definition) is 4. The van der Waals surface area contributed by atoms with Crippen LogP contribution in [0.1, 0.15) is 68.2 Å². The Labute approximate surface area is 284 Å². The molecule has 1 heterocycles. The minimum Gasteiger partial charge on any atom is -0.335 e. The van der Waals surface area contributed by atoms with Gasteiger partial charge in [0.05, 0.1) is 23.2 Å². The van der Waals surface area contributed by atoms with Crippen molar-refractivity contribution in [1.29, 1.82) is 0 Å². The molecule has 1 aliphatic heterocycles. The molecular weight excluding hydrogens is 650 g/mol. The van der Waals surface area contributed by atoms with Gasteiger partial charge in [0.25, 0.3) is 0 Å². The molecule has 0 bridgehead atoms. The van der Waals surface area contributed by atoms with E-state index in [4.69, 9.17) is 17.2 Å². The summed E-state index contributed by atoms with van der Waals surface area (Å²) in [5, 5.41) is 3.24. The van der Waals surface area contributed by atoms with Crippen molar-refractivity contribution in [2.75, 3.05) is 32.7 Å². The maximum Gasteiger partial charge on any atom is 0.416 e. The molecule has 4 atom stereocenters. The lowest BCUT2D eigenvalue weighted by atomic mass is 9.92. The number of alkyl halides is 6. The summed E-state index contributed by atoms with van der Waals surface area (Å²) in [6.07, 6.45) is -5.77. The number of benzene rings is 2. The largest absolute Gasteiger partial charge is 0.416 e. The van der Waals surface area contributed by atoms with Crippen LogP contribution < -0.4 is 22.5 Å². The molecule has 8 nitrogen and oxygen atoms in total. The molecule has 1 aliphatic rings. The molecular formula is C35H50F6N6O2. The Morgan fingerprint density at radius 2 is 1.27 bits per heavy atom. The molecule has 49 heavy (non-hydrogen) atoms. The number of nitrogens with zero attached hydrogens (tertiary/aromatic N) is 2. The fourth-order valence-corrected chi connectivity index (χ4v) is 6.37. The summed E-state index contributed by atoms with van der Waals surface area (Å²) < 4.78 is 80.0. The van der Waals surface area contributed by atoms with E-state index in [1.165, 1.54) is 24.3 Å². The summed E-state index contributed by atoms with van der Waals surface area (Å²) in [6, 6.07) is 6.37. The van der Waals surface area contributed by atoms with E-state index >= 15 is 0 Å². The van der Waals surface area contributed by atoms with Gasteiger partial charge in [-0.05, 0) is 67.8 Å². The first-order valence-electron chi connectivity index (χ1n) is 16.9. The first-order valence-corrected chi connectivity index (χ1v) is 16.9. The third kappa shape index (κ3) is 12.3. The Kier molecular flexibility index (Phi) is 14.9. The molecule has 274 valence electrons. The molecule has 0 aliphatic carbocycles. The predicted molar refractivity (Wildman–Crippen MR) is 177 cm³/mol. The molecule has 3 unspecified atom stereocenters. The SMILES string of the molecule is CC(C)C[C@@H]1CN(C(=O)C(N)Cc2cccc(C(F)(F)F)c2)C(CCCCCNCCN)CN1C(=O)C(N)Cc1cccc(C(F)(F)F)c1. The lowest BCUT2D eigenvalue weighted by Gasteiger charge is -2.48. The van der Waals surface area contributed by atoms with E-state index in [-0.39, 0.29) is 43.0 Å². The molecule has 0 radical (unpaired) electrons. The second kappa shape index (κ2) is 18.2. The Morgan fingerprint density at radius 1 is 0.776 bits per heavy atom. The average molecular weight is 701 g/mol. The number of nitrogens with two attached hydrogens (primary N) is 3. The van der Waals surface area contributed by atoms with Gasteiger partial charge in [-0.15, -0.1) is 0 Å². The predicted octanol–water partition coefficient (Wildman–Crippen LogP) is 4.73. The zero-order chi connectivity index (χ0) is 36.4. The topological polar surface area (TPSA) is 131 Å². The van der Waals surface area contributed by atoms with Crippen molar-refractivity contribution in [3.63, 3.8) is 0 Å². The van der Waals surface area contributed by atoms with E-state index in [2.05, 4.69) is 5.32 Å². The van der Waals surface area contributed by atoms with Crippen molar-refractivity contribution >= 4 is 11.8 Å². The zero-order valence-electron chi connectivity index (χ0n) is 28.2. The first kappa shape index (κ1) is 40.2. The molecule has 0 saturated carbocycles. The number of halogens is 6. The van der Waals surface area contributed by atoms with Crippen LogP contribution in [0.25, 0.3) is 0 Å². The van der Waals surface area contributed by atoms with Gasteiger partial charge in [-0.1, -0.05) is 63.1 Å². The van der Waals surface area contributed by atoms with Gasteiger partial charge < -0.3 is 32.3 Å². The van der Waals surface area contributed by atoms with Crippen molar-refractivity contribution in [2.24, 2.45) is 23.1 Å². The smallest absolute Gasteiger partial charge is 0.335 e. The number of unbranched alkanes of at least 4 members (excludes halogenated alkanes) is 2. The standard InChI is InChI=1S/C35H50F6N6O2/c1-23(2)16-29-22-46(32(48)30(43)19-24-8-6-10-26(17-24)34(36,37)38)28(12-4-3-5-14-45-15-13-42)21-47(29)33(49)31(44)20-25-9-7-11-27(18-25)35(39,40)41/h6-11,17-18,23,28-31,45H,3-5,12-16,19-22,42-44H2,1-2H3/t28?,29-,30?,31?/m1/s1. The average Bonchev–Trinajstić information content (AvgIpc) is 3.03. The van der Waals surface area contributed by atoms with Crippen LogP contribution in [-0.4, -0.2) is 78.5 Å². The molecule has 1 saturated heterocycles. The summed E-state index contributed by atoms with van der Waals surface area (Å²) >= 11 is 0. The Bertz CT molecular complexity index is 1350. The van der Waals surface area contributed by atoms with Gasteiger partial charge in [-0.3, -0.25) is 9.59 Å². The van der Waals surface area contributed by atoms with Crippen molar-refractivity contribution in [3.8, 4) is 0 Å². The Morgan fingerprint density at radius 3 is 1.73 bits per heavy atom. The molecule has 2 aromatic carbocycles. The fourth-order valence-electron chi connectivity index (χ4n) is 6.37. The van der Waals surface area contributed by atoms with Gasteiger partial charge >= 0.3 is 12.4 Å². The molecule has 14 heteroatoms. The highest BCUT2D eigenvalue weighted by Crippen LogP contribution is 2.31. The molecule has 1 fully saturated rings. The Hall–Kier alpha value is -3.20. The highest BCUT2D eigenvalue weighted by molar-refractivity contribution is 5.85. The second-order valence-electron chi connectivity index (χ2n) is 13.3. The summed E-state index contributed by atoms with van der Waals surface area (Å²) in [5.74, 6) is -0.714. The monoisotopic (exact) mass is 700 g/mol. The van der Waals surface area contributed by atoms with Crippen LogP contribution in [0.5, 0.6) is 0 Å². The van der Waals surface area contributed by atoms with E-state index < -0.39 is 59.5 Å². The van der Waals surface area contributed by atoms with Crippen LogP contribution >= 0.6 is 0 Å². The van der Waals surface area contributed by atoms with Gasteiger partial charge in [-0.2, -0.15) is 26.3 Å². The maximum atomic E-state index is 13.9. The number of nitrogens with one attached hydrogen (secondary N) is 1. The molecule has 0 spiro atoms. The molecule has 2 aromatic rings. The minimum absolute atomic E-state index is 0.0986. The lowest BCUT2D eigenvalue weighted by Crippen LogP contribution is -2.65. The number of hydrogen-bond acceptors (Lipinski definition) is 6. The number of amides is 2. The summed E-state index contributed by atoms with van der Waals surface area (Å²) in [4.78, 5) is 31.2. The highest BCUT2D eigenvalue weighted by Gasteiger charge is 2.41. The van der Waals surface area contributed by atoms with E-state index in [1.54, 1.807) is 9.80 Å². The number of rotatable bonds is 16. The van der Waals surface area contributed by atoms with Gasteiger partial charge in [0.15, 0.2) is 0 Å². The van der Waals surface area contributed by atoms with Crippen LogP contribution in [0.2, 0.25) is 0 Å². The van der Waals surface area contributed by atoms with Gasteiger partial charge in [0, 0.05) is 38.3 Å². The van der Waals surface area contributed by atoms with Crippen LogP contribution in [-0.2, 0) is 34.8 Å². The maximum absolute atomic E-state index is 13.9. The van der Waals surface area contributed by atoms with Gasteiger partial charge in [0.2, 0.25) is 11.8 Å². The third-order valence-electron chi connectivity index (χ3n) is 8.77. The van der Waals surface area contributed by atoms with Gasteiger partial charge in [-0.25, -0.2) is 0 Å². The quantitative estimate of drug-likeness (QED) is 0.148. The fraction of sp³-hybridized carbons (Fsp3) is 0.600. The Balaban J connectivity index is 1.83. The number of carbonyl (C=O) groups excluding carboxylic acids is 2. The van der Waals surface area contributed by atoms with Crippen LogP contribution in [0.15, 0.2) is 48.5 Å². The van der Waals surface area contributed by atoms with Crippen molar-refractivity contribution in [3.05, 3.63) is 70.8 Å². The normalized spacial score (nSPS) is 18.5. The molecule has 0 aromatic heterocycles. The van der Waals surface area contributed by atoms with Crippen molar-refractivity contribution < 1.29 is 35.9 Å². The van der Waals surface area contributed by atoms with Crippen molar-refractivity contribution in [2.45, 2.75) is 95.3 Å². The lowest BCUT2D eigenvalue weighted by molar-refractivity contribution is -0.149. The second-order valence-corrected chi connectivity index (χ2v) is 13.3. The molecule has 7 N–H and O–H groups in total. The summed E-state index contributed by atoms with van der Waals surface area (Å²) in [5.41, 5.74) is 17.2. The first-order chi connectivity index (χ1) is 23.0. The zero-order valence-corrected chi connectivity index (χ0v) is 28.2. The van der Waals surface area contributed by atoms with Crippen molar-refractivity contribution in [1.82, 2.24) is 15.1 Å². The van der Waals surface area contributed by atoms with E-state index in [1.807, 2.05) is 13.8 Å².